The monoisotopic (exact) mass is 477 g/mol. The van der Waals surface area contributed by atoms with E-state index in [1.807, 2.05) is 12.1 Å². The van der Waals surface area contributed by atoms with E-state index in [2.05, 4.69) is 68.0 Å². The molecule has 0 spiro atoms. The van der Waals surface area contributed by atoms with Crippen molar-refractivity contribution in [2.45, 2.75) is 26.1 Å². The van der Waals surface area contributed by atoms with Gasteiger partial charge in [-0.05, 0) is 64.9 Å². The van der Waals surface area contributed by atoms with Crippen LogP contribution >= 0.6 is 22.6 Å². The van der Waals surface area contributed by atoms with Gasteiger partial charge in [0.15, 0.2) is 6.10 Å². The molecule has 6 heteroatoms. The average Bonchev–Trinajstić information content (AvgIpc) is 2.65. The highest BCUT2D eigenvalue weighted by Gasteiger charge is 2.24. The molecule has 2 aliphatic heterocycles. The van der Waals surface area contributed by atoms with E-state index in [0.717, 1.165) is 50.7 Å². The molecule has 2 aromatic carbocycles. The highest BCUT2D eigenvalue weighted by molar-refractivity contribution is 14.1. The normalized spacial score (nSPS) is 20.7. The van der Waals surface area contributed by atoms with Gasteiger partial charge in [0, 0.05) is 42.8 Å². The third-order valence-electron chi connectivity index (χ3n) is 5.14. The van der Waals surface area contributed by atoms with Crippen molar-refractivity contribution in [2.75, 3.05) is 31.5 Å². The molecular formula is C21H24IN3O2. The maximum absolute atomic E-state index is 11.8. The Morgan fingerprint density at radius 2 is 1.70 bits per heavy atom. The molecule has 0 bridgehead atoms. The van der Waals surface area contributed by atoms with Gasteiger partial charge in [0.1, 0.15) is 5.75 Å². The molecule has 1 unspecified atom stereocenters. The van der Waals surface area contributed by atoms with Crippen molar-refractivity contribution in [3.8, 4) is 5.75 Å². The third kappa shape index (κ3) is 4.62. The Kier molecular flexibility index (Phi) is 5.66. The Morgan fingerprint density at radius 1 is 1.04 bits per heavy atom. The van der Waals surface area contributed by atoms with Gasteiger partial charge < -0.3 is 10.1 Å². The molecular weight excluding hydrogens is 453 g/mol. The molecule has 1 saturated heterocycles. The van der Waals surface area contributed by atoms with E-state index in [1.54, 1.807) is 6.92 Å². The van der Waals surface area contributed by atoms with E-state index < -0.39 is 6.10 Å². The maximum atomic E-state index is 11.8. The van der Waals surface area contributed by atoms with Gasteiger partial charge in [0.2, 0.25) is 0 Å². The lowest BCUT2D eigenvalue weighted by Crippen LogP contribution is -2.45. The maximum Gasteiger partial charge on any atom is 0.265 e. The Balaban J connectivity index is 1.32. The fraction of sp³-hybridized carbons (Fsp3) is 0.381. The lowest BCUT2D eigenvalue weighted by molar-refractivity contribution is -0.122. The van der Waals surface area contributed by atoms with Crippen LogP contribution in [0.3, 0.4) is 0 Å². The van der Waals surface area contributed by atoms with Crippen LogP contribution < -0.4 is 10.1 Å². The largest absolute Gasteiger partial charge is 0.479 e. The number of anilines is 1. The Bertz CT molecular complexity index is 834. The zero-order chi connectivity index (χ0) is 18.8. The minimum atomic E-state index is -0.427. The molecule has 2 aliphatic rings. The van der Waals surface area contributed by atoms with E-state index in [1.165, 1.54) is 14.7 Å². The predicted octanol–water partition coefficient (Wildman–Crippen LogP) is 3.33. The molecule has 0 radical (unpaired) electrons. The fourth-order valence-corrected chi connectivity index (χ4v) is 4.22. The minimum absolute atomic E-state index is 0.0798. The molecule has 0 aliphatic carbocycles. The number of nitrogens with zero attached hydrogens (tertiary/aromatic N) is 2. The summed E-state index contributed by atoms with van der Waals surface area (Å²) in [5.41, 5.74) is 3.38. The first-order valence-corrected chi connectivity index (χ1v) is 10.4. The summed E-state index contributed by atoms with van der Waals surface area (Å²) in [6.45, 7) is 7.95. The number of ether oxygens (including phenoxy) is 1. The molecule has 142 valence electrons. The average molecular weight is 477 g/mol. The highest BCUT2D eigenvalue weighted by atomic mass is 127. The van der Waals surface area contributed by atoms with Gasteiger partial charge in [-0.3, -0.25) is 14.6 Å². The molecule has 2 heterocycles. The van der Waals surface area contributed by atoms with Crippen LogP contribution in [0.15, 0.2) is 42.5 Å². The van der Waals surface area contributed by atoms with Crippen LogP contribution in [-0.2, 0) is 17.9 Å². The lowest BCUT2D eigenvalue weighted by Gasteiger charge is -2.35. The molecule has 1 fully saturated rings. The number of nitrogens with one attached hydrogen (secondary N) is 1. The highest BCUT2D eigenvalue weighted by Crippen LogP contribution is 2.30. The van der Waals surface area contributed by atoms with Crippen LogP contribution in [0.5, 0.6) is 5.75 Å². The SMILES string of the molecule is CC1Oc2ccc(CN3CCN(Cc4cccc(I)c4)CC3)cc2NC1=O. The predicted molar refractivity (Wildman–Crippen MR) is 115 cm³/mol. The van der Waals surface area contributed by atoms with Gasteiger partial charge in [0.25, 0.3) is 5.91 Å². The summed E-state index contributed by atoms with van der Waals surface area (Å²) in [5, 5.41) is 2.93. The molecule has 4 rings (SSSR count). The van der Waals surface area contributed by atoms with Crippen LogP contribution in [0, 0.1) is 3.57 Å². The number of hydrogen-bond acceptors (Lipinski definition) is 4. The van der Waals surface area contributed by atoms with Crippen molar-refractivity contribution in [3.05, 3.63) is 57.2 Å². The number of carbonyl (C=O) groups excluding carboxylic acids is 1. The van der Waals surface area contributed by atoms with Crippen LogP contribution in [-0.4, -0.2) is 48.0 Å². The molecule has 1 atom stereocenters. The van der Waals surface area contributed by atoms with Crippen LogP contribution in [0.25, 0.3) is 0 Å². The van der Waals surface area contributed by atoms with Gasteiger partial charge in [-0.2, -0.15) is 0 Å². The van der Waals surface area contributed by atoms with E-state index >= 15 is 0 Å². The van der Waals surface area contributed by atoms with E-state index in [-0.39, 0.29) is 5.91 Å². The van der Waals surface area contributed by atoms with Crippen LogP contribution in [0.1, 0.15) is 18.1 Å². The van der Waals surface area contributed by atoms with Crippen molar-refractivity contribution < 1.29 is 9.53 Å². The summed E-state index contributed by atoms with van der Waals surface area (Å²) < 4.78 is 6.93. The molecule has 5 nitrogen and oxygen atoms in total. The first-order chi connectivity index (χ1) is 13.1. The molecule has 2 aromatic rings. The molecule has 27 heavy (non-hydrogen) atoms. The smallest absolute Gasteiger partial charge is 0.265 e. The van der Waals surface area contributed by atoms with Crippen molar-refractivity contribution in [1.29, 1.82) is 0 Å². The van der Waals surface area contributed by atoms with Crippen LogP contribution in [0.4, 0.5) is 5.69 Å². The summed E-state index contributed by atoms with van der Waals surface area (Å²) >= 11 is 2.37. The summed E-state index contributed by atoms with van der Waals surface area (Å²) in [6, 6.07) is 14.8. The third-order valence-corrected chi connectivity index (χ3v) is 5.81. The second kappa shape index (κ2) is 8.16. The summed E-state index contributed by atoms with van der Waals surface area (Å²) in [6.07, 6.45) is -0.427. The molecule has 1 amide bonds. The first-order valence-electron chi connectivity index (χ1n) is 9.36. The summed E-state index contributed by atoms with van der Waals surface area (Å²) in [5.74, 6) is 0.678. The Morgan fingerprint density at radius 3 is 2.37 bits per heavy atom. The lowest BCUT2D eigenvalue weighted by atomic mass is 10.1. The number of hydrogen-bond donors (Lipinski definition) is 1. The minimum Gasteiger partial charge on any atom is -0.479 e. The van der Waals surface area contributed by atoms with Crippen LogP contribution in [0.2, 0.25) is 0 Å². The van der Waals surface area contributed by atoms with E-state index in [4.69, 9.17) is 4.74 Å². The van der Waals surface area contributed by atoms with Gasteiger partial charge in [-0.1, -0.05) is 18.2 Å². The quantitative estimate of drug-likeness (QED) is 0.687. The van der Waals surface area contributed by atoms with Crippen molar-refractivity contribution in [1.82, 2.24) is 9.80 Å². The second-order valence-corrected chi connectivity index (χ2v) is 8.51. The molecule has 0 saturated carbocycles. The molecule has 1 N–H and O–H groups in total. The van der Waals surface area contributed by atoms with E-state index in [0.29, 0.717) is 0 Å². The number of carbonyl (C=O) groups is 1. The number of piperazine rings is 1. The Hall–Kier alpha value is -1.64. The number of fused-ring (bicyclic) bond motifs is 1. The number of amides is 1. The van der Waals surface area contributed by atoms with E-state index in [9.17, 15) is 4.79 Å². The number of halogens is 1. The number of rotatable bonds is 4. The van der Waals surface area contributed by atoms with Gasteiger partial charge >= 0.3 is 0 Å². The zero-order valence-corrected chi connectivity index (χ0v) is 17.6. The zero-order valence-electron chi connectivity index (χ0n) is 15.5. The van der Waals surface area contributed by atoms with Gasteiger partial charge in [-0.15, -0.1) is 0 Å². The second-order valence-electron chi connectivity index (χ2n) is 7.26. The van der Waals surface area contributed by atoms with Crippen molar-refractivity contribution >= 4 is 34.2 Å². The summed E-state index contributed by atoms with van der Waals surface area (Å²) in [7, 11) is 0. The Labute approximate surface area is 173 Å². The molecule has 0 aromatic heterocycles. The van der Waals surface area contributed by atoms with Crippen molar-refractivity contribution in [2.24, 2.45) is 0 Å². The summed E-state index contributed by atoms with van der Waals surface area (Å²) in [4.78, 5) is 16.8. The topological polar surface area (TPSA) is 44.8 Å². The number of benzene rings is 2. The van der Waals surface area contributed by atoms with Gasteiger partial charge in [0.05, 0.1) is 5.69 Å². The fourth-order valence-electron chi connectivity index (χ4n) is 3.61. The first kappa shape index (κ1) is 18.7. The van der Waals surface area contributed by atoms with Crippen molar-refractivity contribution in [3.63, 3.8) is 0 Å². The van der Waals surface area contributed by atoms with Gasteiger partial charge in [-0.25, -0.2) is 0 Å². The standard InChI is InChI=1S/C21H24IN3O2/c1-15-21(26)23-19-12-17(5-6-20(19)27-15)14-25-9-7-24(8-10-25)13-16-3-2-4-18(22)11-16/h2-6,11-12,15H,7-10,13-14H2,1H3,(H,23,26).